The van der Waals surface area contributed by atoms with E-state index in [9.17, 15) is 4.79 Å². The van der Waals surface area contributed by atoms with Crippen molar-refractivity contribution in [2.75, 3.05) is 31.2 Å². The number of hydrogen-bond acceptors (Lipinski definition) is 4. The Morgan fingerprint density at radius 3 is 2.62 bits per heavy atom. The molecule has 1 amide bonds. The van der Waals surface area contributed by atoms with Crippen LogP contribution in [0.3, 0.4) is 0 Å². The van der Waals surface area contributed by atoms with E-state index in [0.717, 1.165) is 50.5 Å². The van der Waals surface area contributed by atoms with Gasteiger partial charge in [0.2, 0.25) is 5.91 Å². The van der Waals surface area contributed by atoms with Crippen LogP contribution in [0.2, 0.25) is 0 Å². The summed E-state index contributed by atoms with van der Waals surface area (Å²) < 4.78 is 5.41. The molecule has 0 spiro atoms. The zero-order chi connectivity index (χ0) is 18.2. The average molecular weight is 353 g/mol. The van der Waals surface area contributed by atoms with Crippen molar-refractivity contribution in [3.63, 3.8) is 0 Å². The van der Waals surface area contributed by atoms with Crippen LogP contribution in [-0.4, -0.2) is 37.2 Å². The van der Waals surface area contributed by atoms with E-state index >= 15 is 0 Å². The SMILES string of the molecule is CCc1ccc(CCC(=O)NCc2cccnc2N2CCOCC2)cc1. The van der Waals surface area contributed by atoms with Crippen molar-refractivity contribution in [3.05, 3.63) is 59.3 Å². The number of nitrogens with one attached hydrogen (secondary N) is 1. The number of carbonyl (C=O) groups is 1. The Bertz CT molecular complexity index is 709. The highest BCUT2D eigenvalue weighted by atomic mass is 16.5. The number of carbonyl (C=O) groups excluding carboxylic acids is 1. The van der Waals surface area contributed by atoms with Crippen molar-refractivity contribution >= 4 is 11.7 Å². The molecule has 1 aliphatic heterocycles. The summed E-state index contributed by atoms with van der Waals surface area (Å²) in [4.78, 5) is 19.0. The van der Waals surface area contributed by atoms with Crippen molar-refractivity contribution in [2.45, 2.75) is 32.7 Å². The molecule has 0 bridgehead atoms. The number of anilines is 1. The fourth-order valence-electron chi connectivity index (χ4n) is 3.11. The summed E-state index contributed by atoms with van der Waals surface area (Å²) in [6, 6.07) is 12.4. The first-order chi connectivity index (χ1) is 12.8. The first-order valence-electron chi connectivity index (χ1n) is 9.37. The molecule has 1 fully saturated rings. The quantitative estimate of drug-likeness (QED) is 0.832. The predicted molar refractivity (Wildman–Crippen MR) is 103 cm³/mol. The van der Waals surface area contributed by atoms with Gasteiger partial charge in [0.25, 0.3) is 0 Å². The van der Waals surface area contributed by atoms with Gasteiger partial charge in [-0.1, -0.05) is 37.3 Å². The van der Waals surface area contributed by atoms with Gasteiger partial charge in [-0.3, -0.25) is 4.79 Å². The van der Waals surface area contributed by atoms with E-state index in [1.165, 1.54) is 11.1 Å². The normalized spacial score (nSPS) is 14.3. The average Bonchev–Trinajstić information content (AvgIpc) is 2.72. The van der Waals surface area contributed by atoms with Crippen LogP contribution in [0.4, 0.5) is 5.82 Å². The van der Waals surface area contributed by atoms with Crippen molar-refractivity contribution in [1.82, 2.24) is 10.3 Å². The third-order valence-corrected chi connectivity index (χ3v) is 4.73. The van der Waals surface area contributed by atoms with E-state index < -0.39 is 0 Å². The molecule has 3 rings (SSSR count). The molecule has 0 saturated carbocycles. The number of aromatic nitrogens is 1. The Labute approximate surface area is 155 Å². The first-order valence-corrected chi connectivity index (χ1v) is 9.37. The molecular formula is C21H27N3O2. The molecule has 138 valence electrons. The van der Waals surface area contributed by atoms with Crippen molar-refractivity contribution in [3.8, 4) is 0 Å². The van der Waals surface area contributed by atoms with Crippen LogP contribution in [0.5, 0.6) is 0 Å². The number of nitrogens with zero attached hydrogens (tertiary/aromatic N) is 2. The molecule has 1 saturated heterocycles. The van der Waals surface area contributed by atoms with Crippen LogP contribution in [0.1, 0.15) is 30.0 Å². The lowest BCUT2D eigenvalue weighted by molar-refractivity contribution is -0.121. The zero-order valence-electron chi connectivity index (χ0n) is 15.4. The van der Waals surface area contributed by atoms with Gasteiger partial charge in [0.15, 0.2) is 0 Å². The summed E-state index contributed by atoms with van der Waals surface area (Å²) in [6.45, 7) is 5.77. The second kappa shape index (κ2) is 9.34. The standard InChI is InChI=1S/C21H27N3O2/c1-2-17-5-7-18(8-6-17)9-10-20(25)23-16-19-4-3-11-22-21(19)24-12-14-26-15-13-24/h3-8,11H,2,9-10,12-16H2,1H3,(H,23,25). The largest absolute Gasteiger partial charge is 0.378 e. The number of pyridine rings is 1. The van der Waals surface area contributed by atoms with E-state index in [2.05, 4.69) is 46.4 Å². The molecule has 1 aliphatic rings. The summed E-state index contributed by atoms with van der Waals surface area (Å²) >= 11 is 0. The second-order valence-corrected chi connectivity index (χ2v) is 6.53. The van der Waals surface area contributed by atoms with Crippen molar-refractivity contribution < 1.29 is 9.53 Å². The second-order valence-electron chi connectivity index (χ2n) is 6.53. The molecular weight excluding hydrogens is 326 g/mol. The molecule has 1 aromatic heterocycles. The summed E-state index contributed by atoms with van der Waals surface area (Å²) in [5, 5.41) is 3.03. The molecule has 2 heterocycles. The third-order valence-electron chi connectivity index (χ3n) is 4.73. The van der Waals surface area contributed by atoms with E-state index in [1.54, 1.807) is 6.20 Å². The smallest absolute Gasteiger partial charge is 0.220 e. The molecule has 5 heteroatoms. The first kappa shape index (κ1) is 18.4. The minimum Gasteiger partial charge on any atom is -0.378 e. The number of aryl methyl sites for hydroxylation is 2. The van der Waals surface area contributed by atoms with E-state index in [-0.39, 0.29) is 5.91 Å². The Morgan fingerprint density at radius 1 is 1.15 bits per heavy atom. The van der Waals surface area contributed by atoms with Crippen LogP contribution in [-0.2, 0) is 28.9 Å². The Morgan fingerprint density at radius 2 is 1.88 bits per heavy atom. The summed E-state index contributed by atoms with van der Waals surface area (Å²) in [5.74, 6) is 1.02. The molecule has 26 heavy (non-hydrogen) atoms. The fraction of sp³-hybridized carbons (Fsp3) is 0.429. The number of ether oxygens (including phenoxy) is 1. The third kappa shape index (κ3) is 5.05. The van der Waals surface area contributed by atoms with E-state index in [0.29, 0.717) is 13.0 Å². The Hall–Kier alpha value is -2.40. The topological polar surface area (TPSA) is 54.5 Å². The number of amides is 1. The number of hydrogen-bond donors (Lipinski definition) is 1. The number of benzene rings is 1. The maximum absolute atomic E-state index is 12.2. The minimum atomic E-state index is 0.0707. The maximum Gasteiger partial charge on any atom is 0.220 e. The van der Waals surface area contributed by atoms with E-state index in [4.69, 9.17) is 4.74 Å². The molecule has 5 nitrogen and oxygen atoms in total. The van der Waals surface area contributed by atoms with Gasteiger partial charge in [0, 0.05) is 37.8 Å². The number of morpholine rings is 1. The minimum absolute atomic E-state index is 0.0707. The van der Waals surface area contributed by atoms with Gasteiger partial charge in [-0.15, -0.1) is 0 Å². The van der Waals surface area contributed by atoms with Gasteiger partial charge < -0.3 is 15.0 Å². The molecule has 0 aliphatic carbocycles. The zero-order valence-corrected chi connectivity index (χ0v) is 15.4. The molecule has 0 atom stereocenters. The van der Waals surface area contributed by atoms with Crippen LogP contribution in [0, 0.1) is 0 Å². The maximum atomic E-state index is 12.2. The summed E-state index contributed by atoms with van der Waals surface area (Å²) in [7, 11) is 0. The van der Waals surface area contributed by atoms with Crippen LogP contribution >= 0.6 is 0 Å². The van der Waals surface area contributed by atoms with Gasteiger partial charge in [0.05, 0.1) is 13.2 Å². The Kier molecular flexibility index (Phi) is 6.61. The molecule has 0 unspecified atom stereocenters. The van der Waals surface area contributed by atoms with Gasteiger partial charge >= 0.3 is 0 Å². The van der Waals surface area contributed by atoms with Gasteiger partial charge in [-0.2, -0.15) is 0 Å². The fourth-order valence-corrected chi connectivity index (χ4v) is 3.11. The highest BCUT2D eigenvalue weighted by molar-refractivity contribution is 5.76. The lowest BCUT2D eigenvalue weighted by Gasteiger charge is -2.29. The van der Waals surface area contributed by atoms with Crippen molar-refractivity contribution in [2.24, 2.45) is 0 Å². The van der Waals surface area contributed by atoms with Gasteiger partial charge in [-0.25, -0.2) is 4.98 Å². The van der Waals surface area contributed by atoms with Crippen LogP contribution < -0.4 is 10.2 Å². The summed E-state index contributed by atoms with van der Waals surface area (Å²) in [5.41, 5.74) is 3.58. The lowest BCUT2D eigenvalue weighted by atomic mass is 10.1. The highest BCUT2D eigenvalue weighted by Gasteiger charge is 2.16. The molecule has 0 radical (unpaired) electrons. The lowest BCUT2D eigenvalue weighted by Crippen LogP contribution is -2.37. The highest BCUT2D eigenvalue weighted by Crippen LogP contribution is 2.18. The van der Waals surface area contributed by atoms with Gasteiger partial charge in [-0.05, 0) is 30.0 Å². The van der Waals surface area contributed by atoms with E-state index in [1.807, 2.05) is 12.1 Å². The summed E-state index contributed by atoms with van der Waals surface area (Å²) in [6.07, 6.45) is 4.10. The number of rotatable bonds is 7. The van der Waals surface area contributed by atoms with Crippen LogP contribution in [0.15, 0.2) is 42.6 Å². The molecule has 2 aromatic rings. The monoisotopic (exact) mass is 353 g/mol. The Balaban J connectivity index is 1.51. The molecule has 1 N–H and O–H groups in total. The predicted octanol–water partition coefficient (Wildman–Crippen LogP) is 2.73. The van der Waals surface area contributed by atoms with Crippen LogP contribution in [0.25, 0.3) is 0 Å². The van der Waals surface area contributed by atoms with Crippen molar-refractivity contribution in [1.29, 1.82) is 0 Å². The van der Waals surface area contributed by atoms with Gasteiger partial charge in [0.1, 0.15) is 5.82 Å². The molecule has 1 aromatic carbocycles.